The number of fused-ring (bicyclic) bond motifs is 3. The van der Waals surface area contributed by atoms with Crippen molar-refractivity contribution in [1.82, 2.24) is 19.8 Å². The largest absolute Gasteiger partial charge is 0.497 e. The predicted molar refractivity (Wildman–Crippen MR) is 142 cm³/mol. The zero-order valence-corrected chi connectivity index (χ0v) is 21.1. The minimum atomic E-state index is -0.526. The summed E-state index contributed by atoms with van der Waals surface area (Å²) in [7, 11) is 1.70. The van der Waals surface area contributed by atoms with Gasteiger partial charge in [-0.15, -0.1) is 0 Å². The second-order valence-corrected chi connectivity index (χ2v) is 9.87. The fourth-order valence-corrected chi connectivity index (χ4v) is 5.64. The molecule has 0 saturated carbocycles. The zero-order chi connectivity index (χ0) is 24.9. The Bertz CT molecular complexity index is 1230. The van der Waals surface area contributed by atoms with E-state index >= 15 is 0 Å². The van der Waals surface area contributed by atoms with E-state index in [1.54, 1.807) is 18.7 Å². The van der Waals surface area contributed by atoms with Gasteiger partial charge in [-0.1, -0.05) is 24.6 Å². The molecule has 3 heterocycles. The van der Waals surface area contributed by atoms with E-state index in [1.165, 1.54) is 66.2 Å². The van der Waals surface area contributed by atoms with E-state index in [0.717, 1.165) is 50.5 Å². The molecule has 2 N–H and O–H groups in total. The van der Waals surface area contributed by atoms with Crippen molar-refractivity contribution in [3.05, 3.63) is 70.9 Å². The van der Waals surface area contributed by atoms with Crippen LogP contribution in [0.4, 0.5) is 0 Å². The van der Waals surface area contributed by atoms with Gasteiger partial charge >= 0.3 is 0 Å². The number of carbonyl (C=O) groups excluding carboxylic acids is 1. The summed E-state index contributed by atoms with van der Waals surface area (Å²) in [6.45, 7) is 7.34. The Kier molecular flexibility index (Phi) is 7.70. The number of hydrogen-bond acceptors (Lipinski definition) is 5. The van der Waals surface area contributed by atoms with Gasteiger partial charge in [-0.3, -0.25) is 14.9 Å². The van der Waals surface area contributed by atoms with Gasteiger partial charge in [0.2, 0.25) is 0 Å². The lowest BCUT2D eigenvalue weighted by Gasteiger charge is -2.29. The summed E-state index contributed by atoms with van der Waals surface area (Å²) in [5.41, 5.74) is 8.01. The molecule has 0 atom stereocenters. The van der Waals surface area contributed by atoms with E-state index in [-0.39, 0.29) is 0 Å². The van der Waals surface area contributed by atoms with Crippen molar-refractivity contribution in [3.63, 3.8) is 0 Å². The molecule has 1 aromatic heterocycles. The molecule has 2 aliphatic heterocycles. The van der Waals surface area contributed by atoms with Crippen LogP contribution in [0.1, 0.15) is 41.6 Å². The molecule has 190 valence electrons. The molecule has 7 heteroatoms. The lowest BCUT2D eigenvalue weighted by molar-refractivity contribution is -0.124. The number of benzene rings is 2. The van der Waals surface area contributed by atoms with E-state index in [0.29, 0.717) is 0 Å². The summed E-state index contributed by atoms with van der Waals surface area (Å²) in [6.07, 6.45) is 8.10. The molecule has 0 aliphatic carbocycles. The average Bonchev–Trinajstić information content (AvgIpc) is 3.23. The van der Waals surface area contributed by atoms with Gasteiger partial charge in [0.05, 0.1) is 7.11 Å². The first-order valence-electron chi connectivity index (χ1n) is 13.0. The number of ether oxygens (including phenoxy) is 1. The van der Waals surface area contributed by atoms with Crippen LogP contribution in [0.3, 0.4) is 0 Å². The van der Waals surface area contributed by atoms with Gasteiger partial charge in [0.15, 0.2) is 0 Å². The van der Waals surface area contributed by atoms with Gasteiger partial charge in [-0.25, -0.2) is 5.48 Å². The fraction of sp³-hybridized carbons (Fsp3) is 0.414. The van der Waals surface area contributed by atoms with E-state index in [9.17, 15) is 4.79 Å². The van der Waals surface area contributed by atoms with Crippen LogP contribution < -0.4 is 10.2 Å². The lowest BCUT2D eigenvalue weighted by Crippen LogP contribution is -2.34. The molecular formula is C29H36N4O3. The topological polar surface area (TPSA) is 70.0 Å². The van der Waals surface area contributed by atoms with Crippen LogP contribution in [-0.2, 0) is 30.8 Å². The number of nitrogens with zero attached hydrogens (tertiary/aromatic N) is 3. The first kappa shape index (κ1) is 24.6. The molecule has 0 spiro atoms. The van der Waals surface area contributed by atoms with Crippen LogP contribution in [0, 0.1) is 0 Å². The second kappa shape index (κ2) is 11.3. The van der Waals surface area contributed by atoms with E-state index in [2.05, 4.69) is 44.7 Å². The molecule has 7 nitrogen and oxygen atoms in total. The molecule has 1 fully saturated rings. The molecule has 2 aliphatic rings. The van der Waals surface area contributed by atoms with E-state index < -0.39 is 5.91 Å². The normalized spacial score (nSPS) is 16.9. The number of carbonyl (C=O) groups is 1. The van der Waals surface area contributed by atoms with E-state index in [1.807, 2.05) is 12.1 Å². The Morgan fingerprint density at radius 1 is 1.03 bits per heavy atom. The lowest BCUT2D eigenvalue weighted by atomic mass is 10.0. The number of amides is 1. The molecule has 0 unspecified atom stereocenters. The highest BCUT2D eigenvalue weighted by atomic mass is 16.5. The number of hydroxylamine groups is 1. The standard InChI is InChI=1S/C29H36N4O3/c1-36-24-9-5-23(6-10-24)20-32-16-13-28-26(21-32)25-19-22(8-12-29(34)30-35)7-11-27(25)33(28)18-17-31-14-3-2-4-15-31/h5-12,19,35H,2-4,13-18,20-21H2,1H3,(H,30,34)/b12-8+. The van der Waals surface area contributed by atoms with Gasteiger partial charge in [-0.05, 0) is 73.0 Å². The van der Waals surface area contributed by atoms with Crippen LogP contribution in [0.5, 0.6) is 5.75 Å². The highest BCUT2D eigenvalue weighted by Gasteiger charge is 2.24. The summed E-state index contributed by atoms with van der Waals surface area (Å²) >= 11 is 0. The van der Waals surface area contributed by atoms with Crippen molar-refractivity contribution in [1.29, 1.82) is 0 Å². The molecular weight excluding hydrogens is 452 g/mol. The molecule has 2 aromatic carbocycles. The zero-order valence-electron chi connectivity index (χ0n) is 21.1. The Morgan fingerprint density at radius 2 is 1.83 bits per heavy atom. The smallest absolute Gasteiger partial charge is 0.267 e. The molecule has 0 radical (unpaired) electrons. The molecule has 1 amide bonds. The molecule has 1 saturated heterocycles. The van der Waals surface area contributed by atoms with Crippen LogP contribution >= 0.6 is 0 Å². The predicted octanol–water partition coefficient (Wildman–Crippen LogP) is 4.21. The molecule has 5 rings (SSSR count). The fourth-order valence-electron chi connectivity index (χ4n) is 5.64. The van der Waals surface area contributed by atoms with Crippen molar-refractivity contribution in [2.24, 2.45) is 0 Å². The Labute approximate surface area is 212 Å². The van der Waals surface area contributed by atoms with Crippen molar-refractivity contribution in [2.45, 2.75) is 45.3 Å². The minimum Gasteiger partial charge on any atom is -0.497 e. The monoisotopic (exact) mass is 488 g/mol. The number of methoxy groups -OCH3 is 1. The Balaban J connectivity index is 1.43. The van der Waals surface area contributed by atoms with Crippen molar-refractivity contribution >= 4 is 22.9 Å². The molecule has 3 aromatic rings. The summed E-state index contributed by atoms with van der Waals surface area (Å²) in [5.74, 6) is 0.355. The van der Waals surface area contributed by atoms with Gasteiger partial charge in [0, 0.05) is 61.8 Å². The van der Waals surface area contributed by atoms with Gasteiger partial charge in [0.1, 0.15) is 5.75 Å². The maximum atomic E-state index is 11.5. The third-order valence-electron chi connectivity index (χ3n) is 7.55. The van der Waals surface area contributed by atoms with Crippen molar-refractivity contribution < 1.29 is 14.7 Å². The first-order valence-corrected chi connectivity index (χ1v) is 13.0. The molecule has 36 heavy (non-hydrogen) atoms. The SMILES string of the molecule is COc1ccc(CN2CCc3c(c4cc(/C=C/C(=O)NO)ccc4n3CCN3CCCCC3)C2)cc1. The van der Waals surface area contributed by atoms with Gasteiger partial charge in [0.25, 0.3) is 5.91 Å². The number of piperidine rings is 1. The number of hydrogen-bond donors (Lipinski definition) is 2. The molecule has 0 bridgehead atoms. The average molecular weight is 489 g/mol. The second-order valence-electron chi connectivity index (χ2n) is 9.87. The van der Waals surface area contributed by atoms with Crippen LogP contribution in [-0.4, -0.2) is 58.8 Å². The maximum absolute atomic E-state index is 11.5. The Morgan fingerprint density at radius 3 is 2.58 bits per heavy atom. The van der Waals surface area contributed by atoms with Gasteiger partial charge < -0.3 is 14.2 Å². The minimum absolute atomic E-state index is 0.526. The third-order valence-corrected chi connectivity index (χ3v) is 7.55. The summed E-state index contributed by atoms with van der Waals surface area (Å²) in [4.78, 5) is 16.6. The highest BCUT2D eigenvalue weighted by Crippen LogP contribution is 2.33. The highest BCUT2D eigenvalue weighted by molar-refractivity contribution is 5.93. The summed E-state index contributed by atoms with van der Waals surface area (Å²) in [5, 5.41) is 10.1. The number of nitrogens with one attached hydrogen (secondary N) is 1. The van der Waals surface area contributed by atoms with Crippen LogP contribution in [0.2, 0.25) is 0 Å². The summed E-state index contributed by atoms with van der Waals surface area (Å²) < 4.78 is 7.85. The maximum Gasteiger partial charge on any atom is 0.267 e. The summed E-state index contributed by atoms with van der Waals surface area (Å²) in [6, 6.07) is 14.8. The van der Waals surface area contributed by atoms with Crippen molar-refractivity contribution in [2.75, 3.05) is 33.3 Å². The third kappa shape index (κ3) is 5.48. The number of likely N-dealkylation sites (tertiary alicyclic amines) is 1. The van der Waals surface area contributed by atoms with Crippen molar-refractivity contribution in [3.8, 4) is 5.75 Å². The Hall–Kier alpha value is -3.13. The quantitative estimate of drug-likeness (QED) is 0.282. The number of aromatic nitrogens is 1. The van der Waals surface area contributed by atoms with Crippen LogP contribution in [0.25, 0.3) is 17.0 Å². The van der Waals surface area contributed by atoms with Crippen LogP contribution in [0.15, 0.2) is 48.5 Å². The van der Waals surface area contributed by atoms with E-state index in [4.69, 9.17) is 9.94 Å². The first-order chi connectivity index (χ1) is 17.6. The number of rotatable bonds is 8. The van der Waals surface area contributed by atoms with Gasteiger partial charge in [-0.2, -0.15) is 0 Å².